The van der Waals surface area contributed by atoms with E-state index in [-0.39, 0.29) is 12.5 Å². The Morgan fingerprint density at radius 3 is 2.56 bits per heavy atom. The van der Waals surface area contributed by atoms with Crippen molar-refractivity contribution in [3.8, 4) is 11.4 Å². The molecule has 0 radical (unpaired) electrons. The van der Waals surface area contributed by atoms with E-state index in [1.807, 2.05) is 17.0 Å². The van der Waals surface area contributed by atoms with Crippen molar-refractivity contribution in [1.82, 2.24) is 24.7 Å². The van der Waals surface area contributed by atoms with Crippen molar-refractivity contribution in [2.75, 3.05) is 53.5 Å². The smallest absolute Gasteiger partial charge is 0.237 e. The van der Waals surface area contributed by atoms with Gasteiger partial charge in [0.2, 0.25) is 12.3 Å². The fourth-order valence-electron chi connectivity index (χ4n) is 4.59. The summed E-state index contributed by atoms with van der Waals surface area (Å²) in [5.41, 5.74) is 2.90. The van der Waals surface area contributed by atoms with Gasteiger partial charge in [-0.2, -0.15) is 0 Å². The highest BCUT2D eigenvalue weighted by atomic mass is 17.2. The van der Waals surface area contributed by atoms with Crippen LogP contribution in [0.5, 0.6) is 0 Å². The monoisotopic (exact) mass is 465 g/mol. The van der Waals surface area contributed by atoms with E-state index in [1.165, 1.54) is 12.7 Å². The van der Waals surface area contributed by atoms with Crippen LogP contribution in [-0.4, -0.2) is 96.0 Å². The minimum atomic E-state index is -0.482. The van der Waals surface area contributed by atoms with Crippen molar-refractivity contribution in [3.63, 3.8) is 0 Å². The van der Waals surface area contributed by atoms with Crippen molar-refractivity contribution in [2.45, 2.75) is 18.4 Å². The molecule has 3 heterocycles. The Kier molecular flexibility index (Phi) is 7.66. The van der Waals surface area contributed by atoms with Gasteiger partial charge in [-0.3, -0.25) is 14.5 Å². The first-order chi connectivity index (χ1) is 16.5. The topological polar surface area (TPSA) is 88.1 Å². The average molecular weight is 466 g/mol. The predicted octanol–water partition coefficient (Wildman–Crippen LogP) is 1.87. The third-order valence-electron chi connectivity index (χ3n) is 6.76. The summed E-state index contributed by atoms with van der Waals surface area (Å²) in [5.74, 6) is 0.812. The first-order valence-electron chi connectivity index (χ1n) is 11.5. The summed E-state index contributed by atoms with van der Waals surface area (Å²) < 4.78 is 0. The number of aromatic nitrogens is 2. The molecular weight excluding hydrogens is 434 g/mol. The number of likely N-dealkylation sites (tertiary alicyclic amines) is 1. The fraction of sp³-hybridized carbons (Fsp3) is 0.440. The summed E-state index contributed by atoms with van der Waals surface area (Å²) >= 11 is 0. The first-order valence-corrected chi connectivity index (χ1v) is 11.5. The lowest BCUT2D eigenvalue weighted by Crippen LogP contribution is -2.52. The van der Waals surface area contributed by atoms with Crippen LogP contribution in [0.1, 0.15) is 18.4 Å². The lowest BCUT2D eigenvalue weighted by Gasteiger charge is -2.35. The fourth-order valence-corrected chi connectivity index (χ4v) is 4.59. The number of nitrogens with zero attached hydrogens (tertiary/aromatic N) is 5. The van der Waals surface area contributed by atoms with Gasteiger partial charge in [-0.25, -0.2) is 19.7 Å². The number of rotatable bonds is 9. The van der Waals surface area contributed by atoms with Gasteiger partial charge in [-0.1, -0.05) is 30.3 Å². The molecule has 4 rings (SSSR count). The van der Waals surface area contributed by atoms with Crippen molar-refractivity contribution < 1.29 is 19.4 Å². The molecule has 9 nitrogen and oxygen atoms in total. The van der Waals surface area contributed by atoms with Crippen LogP contribution in [-0.2, 0) is 19.4 Å². The van der Waals surface area contributed by atoms with E-state index in [0.717, 1.165) is 36.9 Å². The second-order valence-corrected chi connectivity index (χ2v) is 8.80. The van der Waals surface area contributed by atoms with E-state index in [0.29, 0.717) is 32.0 Å². The highest BCUT2D eigenvalue weighted by molar-refractivity contribution is 5.80. The van der Waals surface area contributed by atoms with Crippen LogP contribution < -0.4 is 0 Å². The Labute approximate surface area is 199 Å². The Morgan fingerprint density at radius 2 is 1.91 bits per heavy atom. The van der Waals surface area contributed by atoms with Gasteiger partial charge in [0.05, 0.1) is 19.2 Å². The van der Waals surface area contributed by atoms with Crippen molar-refractivity contribution >= 4 is 17.9 Å². The number of carbonyl (C=O) groups is 2. The normalized spacial score (nSPS) is 20.8. The van der Waals surface area contributed by atoms with Crippen LogP contribution in [0, 0.1) is 0 Å². The molecule has 0 spiro atoms. The second-order valence-electron chi connectivity index (χ2n) is 8.80. The third-order valence-corrected chi connectivity index (χ3v) is 6.76. The number of carbonyl (C=O) groups excluding carboxylic acids is 2. The molecule has 0 bridgehead atoms. The van der Waals surface area contributed by atoms with E-state index in [9.17, 15) is 9.59 Å². The molecule has 2 aromatic rings. The summed E-state index contributed by atoms with van der Waals surface area (Å²) in [6.07, 6.45) is 7.96. The molecule has 2 aliphatic rings. The molecule has 180 valence electrons. The van der Waals surface area contributed by atoms with Gasteiger partial charge < -0.3 is 9.80 Å². The molecule has 34 heavy (non-hydrogen) atoms. The molecule has 1 aromatic heterocycles. The summed E-state index contributed by atoms with van der Waals surface area (Å²) in [6, 6.07) is 10.0. The third kappa shape index (κ3) is 5.32. The molecule has 1 unspecified atom stereocenters. The number of hydrogen-bond donors (Lipinski definition) is 0. The Hall–Kier alpha value is -3.14. The summed E-state index contributed by atoms with van der Waals surface area (Å²) in [6.45, 7) is 3.18. The predicted molar refractivity (Wildman–Crippen MR) is 127 cm³/mol. The molecule has 1 aromatic carbocycles. The van der Waals surface area contributed by atoms with Gasteiger partial charge in [0, 0.05) is 51.2 Å². The van der Waals surface area contributed by atoms with Crippen LogP contribution in [0.25, 0.3) is 17.0 Å². The molecule has 2 aliphatic heterocycles. The van der Waals surface area contributed by atoms with E-state index < -0.39 is 5.54 Å². The minimum absolute atomic E-state index is 0.101. The number of likely N-dealkylation sites (N-methyl/N-ethyl adjacent to an activating group) is 1. The van der Waals surface area contributed by atoms with Gasteiger partial charge in [-0.15, -0.1) is 0 Å². The van der Waals surface area contributed by atoms with E-state index >= 15 is 0 Å². The maximum absolute atomic E-state index is 13.0. The Balaban J connectivity index is 1.33. The molecule has 1 atom stereocenters. The Morgan fingerprint density at radius 1 is 1.18 bits per heavy atom. The summed E-state index contributed by atoms with van der Waals surface area (Å²) in [7, 11) is 3.20. The first kappa shape index (κ1) is 24.0. The molecule has 0 saturated carbocycles. The standard InChI is InChI=1S/C25H31N5O4/c1-28(19-31)25(18-34-33-2)10-15-29(17-25)16-23(32)30-13-8-21(9-14-30)20-4-6-22(7-5-20)24-26-11-3-12-27-24/h3-8,11-12,19H,9-10,13-18H2,1-2H3. The van der Waals surface area contributed by atoms with Crippen LogP contribution in [0.15, 0.2) is 48.8 Å². The van der Waals surface area contributed by atoms with Crippen molar-refractivity contribution in [3.05, 3.63) is 54.4 Å². The Bertz CT molecular complexity index is 1010. The maximum Gasteiger partial charge on any atom is 0.237 e. The second kappa shape index (κ2) is 10.9. The van der Waals surface area contributed by atoms with Gasteiger partial charge in [0.15, 0.2) is 5.82 Å². The minimum Gasteiger partial charge on any atom is -0.339 e. The SMILES string of the molecule is COOCC1(N(C)C=O)CCN(CC(=O)N2CC=C(c3ccc(-c4ncccn4)cc3)CC2)C1. The zero-order valence-electron chi connectivity index (χ0n) is 19.7. The highest BCUT2D eigenvalue weighted by Crippen LogP contribution is 2.28. The van der Waals surface area contributed by atoms with Crippen molar-refractivity contribution in [1.29, 1.82) is 0 Å². The zero-order chi connectivity index (χ0) is 24.0. The van der Waals surface area contributed by atoms with E-state index in [4.69, 9.17) is 9.78 Å². The van der Waals surface area contributed by atoms with Gasteiger partial charge in [0.25, 0.3) is 0 Å². The number of amides is 2. The molecule has 9 heteroatoms. The zero-order valence-corrected chi connectivity index (χ0v) is 19.7. The van der Waals surface area contributed by atoms with Crippen LogP contribution in [0.4, 0.5) is 0 Å². The summed E-state index contributed by atoms with van der Waals surface area (Å²) in [5, 5.41) is 0. The molecular formula is C25H31N5O4. The van der Waals surface area contributed by atoms with Crippen LogP contribution in [0.2, 0.25) is 0 Å². The van der Waals surface area contributed by atoms with Crippen LogP contribution in [0.3, 0.4) is 0 Å². The van der Waals surface area contributed by atoms with Crippen LogP contribution >= 0.6 is 0 Å². The molecule has 0 N–H and O–H groups in total. The molecule has 1 saturated heterocycles. The van der Waals surface area contributed by atoms with E-state index in [1.54, 1.807) is 30.4 Å². The van der Waals surface area contributed by atoms with Gasteiger partial charge in [-0.05, 0) is 30.0 Å². The number of hydrogen-bond acceptors (Lipinski definition) is 7. The lowest BCUT2D eigenvalue weighted by atomic mass is 9.98. The van der Waals surface area contributed by atoms with Gasteiger partial charge >= 0.3 is 0 Å². The van der Waals surface area contributed by atoms with Crippen molar-refractivity contribution in [2.24, 2.45) is 0 Å². The summed E-state index contributed by atoms with van der Waals surface area (Å²) in [4.78, 5) is 48.5. The molecule has 2 amide bonds. The average Bonchev–Trinajstić information content (AvgIpc) is 3.31. The van der Waals surface area contributed by atoms with Gasteiger partial charge in [0.1, 0.15) is 6.61 Å². The largest absolute Gasteiger partial charge is 0.339 e. The van der Waals surface area contributed by atoms with E-state index in [2.05, 4.69) is 33.1 Å². The maximum atomic E-state index is 13.0. The quantitative estimate of drug-likeness (QED) is 0.317. The molecule has 1 fully saturated rings. The highest BCUT2D eigenvalue weighted by Gasteiger charge is 2.42. The lowest BCUT2D eigenvalue weighted by molar-refractivity contribution is -0.287. The molecule has 0 aliphatic carbocycles. The number of benzene rings is 1.